The minimum absolute atomic E-state index is 0.289. The summed E-state index contributed by atoms with van der Waals surface area (Å²) in [5.74, 6) is 3.37. The van der Waals surface area contributed by atoms with Gasteiger partial charge in [0.05, 0.1) is 6.61 Å². The monoisotopic (exact) mass is 327 g/mol. The summed E-state index contributed by atoms with van der Waals surface area (Å²) in [5.41, 5.74) is 1.26. The number of para-hydroxylation sites is 1. The van der Waals surface area contributed by atoms with Crippen LogP contribution in [-0.4, -0.2) is 38.0 Å². The van der Waals surface area contributed by atoms with Crippen LogP contribution in [0.2, 0.25) is 0 Å². The average molecular weight is 327 g/mol. The molecule has 2 aliphatic heterocycles. The van der Waals surface area contributed by atoms with Crippen LogP contribution in [0.3, 0.4) is 0 Å². The Balaban J connectivity index is 1.26. The quantitative estimate of drug-likeness (QED) is 0.789. The van der Waals surface area contributed by atoms with E-state index in [0.29, 0.717) is 6.61 Å². The smallest absolute Gasteiger partial charge is 0.231 e. The number of ether oxygens (including phenoxy) is 4. The van der Waals surface area contributed by atoms with Crippen molar-refractivity contribution < 1.29 is 18.9 Å². The van der Waals surface area contributed by atoms with E-state index in [9.17, 15) is 0 Å². The van der Waals surface area contributed by atoms with Crippen LogP contribution in [0.4, 0.5) is 0 Å². The Hall–Kier alpha value is -2.40. The zero-order valence-corrected chi connectivity index (χ0v) is 13.6. The zero-order chi connectivity index (χ0) is 16.2. The Kier molecular flexibility index (Phi) is 4.42. The van der Waals surface area contributed by atoms with Crippen LogP contribution >= 0.6 is 0 Å². The highest BCUT2D eigenvalue weighted by atomic mass is 16.7. The Bertz CT molecular complexity index is 704. The van der Waals surface area contributed by atoms with Gasteiger partial charge < -0.3 is 18.9 Å². The van der Waals surface area contributed by atoms with Gasteiger partial charge in [-0.05, 0) is 24.6 Å². The van der Waals surface area contributed by atoms with Crippen molar-refractivity contribution in [3.63, 3.8) is 0 Å². The number of fused-ring (bicyclic) bond motifs is 2. The number of benzene rings is 2. The van der Waals surface area contributed by atoms with E-state index in [1.807, 2.05) is 30.3 Å². The molecule has 0 atom stereocenters. The van der Waals surface area contributed by atoms with Gasteiger partial charge in [-0.15, -0.1) is 0 Å². The van der Waals surface area contributed by atoms with Gasteiger partial charge in [0.1, 0.15) is 18.1 Å². The predicted octanol–water partition coefficient (Wildman–Crippen LogP) is 3.08. The lowest BCUT2D eigenvalue weighted by Gasteiger charge is -2.19. The highest BCUT2D eigenvalue weighted by Gasteiger charge is 2.15. The van der Waals surface area contributed by atoms with Crippen LogP contribution in [0.1, 0.15) is 12.0 Å². The molecule has 24 heavy (non-hydrogen) atoms. The third-order valence-electron chi connectivity index (χ3n) is 4.26. The summed E-state index contributed by atoms with van der Waals surface area (Å²) in [7, 11) is 0. The van der Waals surface area contributed by atoms with Crippen molar-refractivity contribution in [1.82, 2.24) is 4.90 Å². The summed E-state index contributed by atoms with van der Waals surface area (Å²) in [4.78, 5) is 2.41. The van der Waals surface area contributed by atoms with Crippen molar-refractivity contribution in [3.8, 4) is 23.0 Å². The molecule has 2 heterocycles. The van der Waals surface area contributed by atoms with Crippen LogP contribution in [-0.2, 0) is 6.54 Å². The lowest BCUT2D eigenvalue weighted by molar-refractivity contribution is 0.173. The van der Waals surface area contributed by atoms with Gasteiger partial charge in [-0.25, -0.2) is 0 Å². The van der Waals surface area contributed by atoms with Crippen LogP contribution in [0.5, 0.6) is 23.0 Å². The normalized spacial score (nSPS) is 16.2. The third-order valence-corrected chi connectivity index (χ3v) is 4.26. The highest BCUT2D eigenvalue weighted by molar-refractivity contribution is 5.46. The summed E-state index contributed by atoms with van der Waals surface area (Å²) in [6, 6.07) is 14.0. The van der Waals surface area contributed by atoms with Gasteiger partial charge in [-0.3, -0.25) is 4.90 Å². The van der Waals surface area contributed by atoms with E-state index in [2.05, 4.69) is 17.0 Å². The van der Waals surface area contributed by atoms with Crippen molar-refractivity contribution in [1.29, 1.82) is 0 Å². The Morgan fingerprint density at radius 3 is 2.88 bits per heavy atom. The van der Waals surface area contributed by atoms with Crippen molar-refractivity contribution in [2.45, 2.75) is 13.0 Å². The summed E-state index contributed by atoms with van der Waals surface area (Å²) >= 11 is 0. The second-order valence-corrected chi connectivity index (χ2v) is 5.95. The van der Waals surface area contributed by atoms with Gasteiger partial charge in [0.2, 0.25) is 6.79 Å². The van der Waals surface area contributed by atoms with E-state index in [4.69, 9.17) is 18.9 Å². The highest BCUT2D eigenvalue weighted by Crippen LogP contribution is 2.35. The Morgan fingerprint density at radius 1 is 0.958 bits per heavy atom. The van der Waals surface area contributed by atoms with Gasteiger partial charge in [0, 0.05) is 31.3 Å². The molecule has 0 bridgehead atoms. The zero-order valence-electron chi connectivity index (χ0n) is 13.6. The van der Waals surface area contributed by atoms with Crippen molar-refractivity contribution in [3.05, 3.63) is 48.0 Å². The minimum atomic E-state index is 0.289. The molecular formula is C19H21NO4. The van der Waals surface area contributed by atoms with E-state index in [1.54, 1.807) is 0 Å². The standard InChI is InChI=1S/C19H21NO4/c1-2-5-17-15(4-1)13-20(9-11-22-17)8-3-10-21-16-6-7-18-19(12-16)24-14-23-18/h1-2,4-7,12H,3,8-11,13-14H2. The molecule has 0 saturated heterocycles. The fraction of sp³-hybridized carbons (Fsp3) is 0.368. The largest absolute Gasteiger partial charge is 0.493 e. The van der Waals surface area contributed by atoms with E-state index in [0.717, 1.165) is 55.7 Å². The van der Waals surface area contributed by atoms with E-state index in [-0.39, 0.29) is 6.79 Å². The topological polar surface area (TPSA) is 40.2 Å². The second-order valence-electron chi connectivity index (χ2n) is 5.95. The van der Waals surface area contributed by atoms with Gasteiger partial charge in [0.25, 0.3) is 0 Å². The van der Waals surface area contributed by atoms with Crippen molar-refractivity contribution >= 4 is 0 Å². The predicted molar refractivity (Wildman–Crippen MR) is 89.9 cm³/mol. The summed E-state index contributed by atoms with van der Waals surface area (Å²) < 4.78 is 22.3. The number of hydrogen-bond donors (Lipinski definition) is 0. The lowest BCUT2D eigenvalue weighted by Crippen LogP contribution is -2.27. The first kappa shape index (κ1) is 15.1. The van der Waals surface area contributed by atoms with Crippen LogP contribution in [0.25, 0.3) is 0 Å². The van der Waals surface area contributed by atoms with Gasteiger partial charge in [-0.1, -0.05) is 18.2 Å². The molecule has 0 fully saturated rings. The first-order valence-electron chi connectivity index (χ1n) is 8.34. The fourth-order valence-corrected chi connectivity index (χ4v) is 3.02. The third kappa shape index (κ3) is 3.41. The first-order valence-corrected chi connectivity index (χ1v) is 8.34. The Labute approximate surface area is 141 Å². The van der Waals surface area contributed by atoms with Gasteiger partial charge in [0.15, 0.2) is 11.5 Å². The van der Waals surface area contributed by atoms with Gasteiger partial charge in [-0.2, -0.15) is 0 Å². The fourth-order valence-electron chi connectivity index (χ4n) is 3.02. The molecule has 0 N–H and O–H groups in total. The summed E-state index contributed by atoms with van der Waals surface area (Å²) in [5, 5.41) is 0. The van der Waals surface area contributed by atoms with E-state index < -0.39 is 0 Å². The van der Waals surface area contributed by atoms with E-state index in [1.165, 1.54) is 5.56 Å². The van der Waals surface area contributed by atoms with Crippen molar-refractivity contribution in [2.24, 2.45) is 0 Å². The molecule has 0 unspecified atom stereocenters. The minimum Gasteiger partial charge on any atom is -0.493 e. The van der Waals surface area contributed by atoms with Crippen LogP contribution in [0.15, 0.2) is 42.5 Å². The van der Waals surface area contributed by atoms with E-state index >= 15 is 0 Å². The number of hydrogen-bond acceptors (Lipinski definition) is 5. The molecule has 4 rings (SSSR count). The lowest BCUT2D eigenvalue weighted by atomic mass is 10.2. The number of nitrogens with zero attached hydrogens (tertiary/aromatic N) is 1. The maximum absolute atomic E-state index is 5.83. The molecule has 0 spiro atoms. The summed E-state index contributed by atoms with van der Waals surface area (Å²) in [6.07, 6.45) is 0.969. The molecule has 5 heteroatoms. The van der Waals surface area contributed by atoms with Gasteiger partial charge >= 0.3 is 0 Å². The molecule has 0 aliphatic carbocycles. The molecule has 0 radical (unpaired) electrons. The molecular weight excluding hydrogens is 306 g/mol. The molecule has 2 aliphatic rings. The molecule has 0 saturated carbocycles. The average Bonchev–Trinajstić information content (AvgIpc) is 2.97. The molecule has 2 aromatic carbocycles. The molecule has 2 aromatic rings. The summed E-state index contributed by atoms with van der Waals surface area (Å²) in [6.45, 7) is 4.57. The Morgan fingerprint density at radius 2 is 1.88 bits per heavy atom. The second kappa shape index (κ2) is 7.01. The van der Waals surface area contributed by atoms with Crippen molar-refractivity contribution in [2.75, 3.05) is 33.1 Å². The number of rotatable bonds is 5. The first-order chi connectivity index (χ1) is 11.9. The maximum atomic E-state index is 5.83. The molecule has 0 amide bonds. The maximum Gasteiger partial charge on any atom is 0.231 e. The molecule has 0 aromatic heterocycles. The van der Waals surface area contributed by atoms with Crippen LogP contribution in [0, 0.1) is 0 Å². The molecule has 126 valence electrons. The SMILES string of the molecule is c1ccc2c(c1)CN(CCCOc1ccc3c(c1)OCO3)CCO2. The van der Waals surface area contributed by atoms with Crippen LogP contribution < -0.4 is 18.9 Å². The molecule has 5 nitrogen and oxygen atoms in total.